The number of alkyl halides is 3. The zero-order chi connectivity index (χ0) is 23.0. The molecular formula is C20H17F4N3O4. The fourth-order valence-electron chi connectivity index (χ4n) is 3.29. The summed E-state index contributed by atoms with van der Waals surface area (Å²) >= 11 is 0. The first-order chi connectivity index (χ1) is 14.4. The van der Waals surface area contributed by atoms with Crippen molar-refractivity contribution in [3.8, 4) is 0 Å². The zero-order valence-electron chi connectivity index (χ0n) is 16.3. The van der Waals surface area contributed by atoms with Crippen LogP contribution in [0.25, 0.3) is 0 Å². The van der Waals surface area contributed by atoms with Crippen LogP contribution < -0.4 is 10.6 Å². The Balaban J connectivity index is 1.92. The van der Waals surface area contributed by atoms with Crippen LogP contribution in [0.4, 0.5) is 33.7 Å². The minimum absolute atomic E-state index is 0.0488. The summed E-state index contributed by atoms with van der Waals surface area (Å²) in [6.45, 7) is 3.04. The Morgan fingerprint density at radius 3 is 2.29 bits per heavy atom. The van der Waals surface area contributed by atoms with Crippen molar-refractivity contribution in [3.63, 3.8) is 0 Å². The summed E-state index contributed by atoms with van der Waals surface area (Å²) in [5, 5.41) is 16.5. The Morgan fingerprint density at radius 1 is 1.13 bits per heavy atom. The second-order valence-corrected chi connectivity index (χ2v) is 6.97. The summed E-state index contributed by atoms with van der Waals surface area (Å²) < 4.78 is 54.8. The Kier molecular flexibility index (Phi) is 5.62. The summed E-state index contributed by atoms with van der Waals surface area (Å²) in [5.74, 6) is -1.56. The van der Waals surface area contributed by atoms with Gasteiger partial charge in [-0.1, -0.05) is 5.16 Å². The van der Waals surface area contributed by atoms with Gasteiger partial charge in [0.15, 0.2) is 0 Å². The van der Waals surface area contributed by atoms with Crippen LogP contribution in [0, 0.1) is 19.7 Å². The molecule has 164 valence electrons. The van der Waals surface area contributed by atoms with Crippen molar-refractivity contribution in [1.29, 1.82) is 0 Å². The highest BCUT2D eigenvalue weighted by Gasteiger charge is 2.60. The molecule has 1 aliphatic rings. The van der Waals surface area contributed by atoms with Crippen molar-refractivity contribution in [2.24, 2.45) is 5.16 Å². The number of carbonyl (C=O) groups excluding carboxylic acids is 1. The van der Waals surface area contributed by atoms with E-state index in [1.807, 2.05) is 5.32 Å². The van der Waals surface area contributed by atoms with Gasteiger partial charge in [0.1, 0.15) is 5.82 Å². The number of nitrogens with zero attached hydrogens (tertiary/aromatic N) is 1. The van der Waals surface area contributed by atoms with E-state index in [0.717, 1.165) is 24.4 Å². The fourth-order valence-corrected chi connectivity index (χ4v) is 3.29. The number of nitrogens with one attached hydrogen (secondary N) is 2. The highest BCUT2D eigenvalue weighted by Crippen LogP contribution is 2.47. The van der Waals surface area contributed by atoms with Crippen LogP contribution >= 0.6 is 0 Å². The van der Waals surface area contributed by atoms with Gasteiger partial charge in [-0.15, -0.1) is 0 Å². The molecule has 1 atom stereocenters. The van der Waals surface area contributed by atoms with Crippen molar-refractivity contribution < 1.29 is 37.1 Å². The molecule has 2 amide bonds. The number of anilines is 2. The minimum Gasteiger partial charge on any atom is -0.465 e. The van der Waals surface area contributed by atoms with Crippen LogP contribution in [0.3, 0.4) is 0 Å². The molecule has 0 aromatic heterocycles. The maximum absolute atomic E-state index is 13.7. The van der Waals surface area contributed by atoms with Crippen LogP contribution in [0.2, 0.25) is 0 Å². The second-order valence-electron chi connectivity index (χ2n) is 6.97. The highest BCUT2D eigenvalue weighted by atomic mass is 19.4. The number of amides is 2. The third-order valence-electron chi connectivity index (χ3n) is 4.83. The van der Waals surface area contributed by atoms with Gasteiger partial charge in [0.2, 0.25) is 0 Å². The van der Waals surface area contributed by atoms with Gasteiger partial charge in [-0.05, 0) is 55.3 Å². The molecule has 0 aliphatic carbocycles. The van der Waals surface area contributed by atoms with Gasteiger partial charge in [0.05, 0.1) is 5.69 Å². The first-order valence-electron chi connectivity index (χ1n) is 8.94. The van der Waals surface area contributed by atoms with Gasteiger partial charge in [0.25, 0.3) is 11.5 Å². The standard InChI is InChI=1S/C20H17F4N3O4/c1-10-7-13(19(20(22,23)24)5-6-25-31-19)8-11(2)16(10)27-17(28)12-3-4-14(21)15(9-12)26-18(29)30/h3-4,6-9,26H,5H2,1-2H3,(H,27,28)(H,29,30). The largest absolute Gasteiger partial charge is 0.465 e. The molecule has 2 aromatic carbocycles. The number of carboxylic acid groups (broad SMARTS) is 1. The van der Waals surface area contributed by atoms with Crippen molar-refractivity contribution in [2.75, 3.05) is 10.6 Å². The Labute approximate surface area is 173 Å². The lowest BCUT2D eigenvalue weighted by Gasteiger charge is -2.30. The van der Waals surface area contributed by atoms with Gasteiger partial charge < -0.3 is 15.3 Å². The summed E-state index contributed by atoms with van der Waals surface area (Å²) in [6, 6.07) is 5.60. The average molecular weight is 439 g/mol. The maximum Gasteiger partial charge on any atom is 0.435 e. The Morgan fingerprint density at radius 2 is 1.77 bits per heavy atom. The normalized spacial score (nSPS) is 17.9. The van der Waals surface area contributed by atoms with Crippen LogP contribution in [-0.4, -0.2) is 29.5 Å². The lowest BCUT2D eigenvalue weighted by atomic mass is 9.87. The third kappa shape index (κ3) is 4.16. The average Bonchev–Trinajstić information content (AvgIpc) is 3.17. The van der Waals surface area contributed by atoms with Crippen LogP contribution in [0.1, 0.15) is 33.5 Å². The summed E-state index contributed by atoms with van der Waals surface area (Å²) in [5.41, 5.74) is -2.26. The van der Waals surface area contributed by atoms with Crippen molar-refractivity contribution in [2.45, 2.75) is 32.0 Å². The molecule has 7 nitrogen and oxygen atoms in total. The molecule has 1 heterocycles. The van der Waals surface area contributed by atoms with E-state index in [1.54, 1.807) is 0 Å². The van der Waals surface area contributed by atoms with E-state index in [-0.39, 0.29) is 16.8 Å². The first-order valence-corrected chi connectivity index (χ1v) is 8.94. The maximum atomic E-state index is 13.7. The van der Waals surface area contributed by atoms with E-state index in [0.29, 0.717) is 11.1 Å². The molecule has 0 saturated heterocycles. The van der Waals surface area contributed by atoms with Gasteiger partial charge in [-0.25, -0.2) is 9.18 Å². The molecule has 0 saturated carbocycles. The molecule has 0 radical (unpaired) electrons. The van der Waals surface area contributed by atoms with Crippen molar-refractivity contribution in [3.05, 3.63) is 58.4 Å². The molecule has 31 heavy (non-hydrogen) atoms. The molecule has 1 aliphatic heterocycles. The van der Waals surface area contributed by atoms with Gasteiger partial charge in [-0.2, -0.15) is 13.2 Å². The van der Waals surface area contributed by atoms with Crippen LogP contribution in [-0.2, 0) is 10.4 Å². The lowest BCUT2D eigenvalue weighted by molar-refractivity contribution is -0.275. The van der Waals surface area contributed by atoms with E-state index in [1.165, 1.54) is 26.0 Å². The van der Waals surface area contributed by atoms with E-state index >= 15 is 0 Å². The molecule has 11 heteroatoms. The smallest absolute Gasteiger partial charge is 0.435 e. The Hall–Kier alpha value is -3.63. The predicted molar refractivity (Wildman–Crippen MR) is 104 cm³/mol. The van der Waals surface area contributed by atoms with Crippen LogP contribution in [0.15, 0.2) is 35.5 Å². The quantitative estimate of drug-likeness (QED) is 0.587. The van der Waals surface area contributed by atoms with Gasteiger partial charge in [0, 0.05) is 29.4 Å². The summed E-state index contributed by atoms with van der Waals surface area (Å²) in [7, 11) is 0. The van der Waals surface area contributed by atoms with E-state index in [4.69, 9.17) is 9.94 Å². The molecule has 0 fully saturated rings. The molecule has 2 aromatic rings. The number of aryl methyl sites for hydroxylation is 2. The number of hydrogen-bond donors (Lipinski definition) is 3. The number of benzene rings is 2. The van der Waals surface area contributed by atoms with Crippen molar-refractivity contribution >= 4 is 29.6 Å². The van der Waals surface area contributed by atoms with E-state index < -0.39 is 41.7 Å². The summed E-state index contributed by atoms with van der Waals surface area (Å²) in [6.07, 6.45) is -5.65. The fraction of sp³-hybridized carbons (Fsp3) is 0.250. The highest BCUT2D eigenvalue weighted by molar-refractivity contribution is 6.06. The monoisotopic (exact) mass is 439 g/mol. The number of rotatable bonds is 4. The molecule has 0 bridgehead atoms. The van der Waals surface area contributed by atoms with E-state index in [9.17, 15) is 27.2 Å². The van der Waals surface area contributed by atoms with Crippen molar-refractivity contribution in [1.82, 2.24) is 0 Å². The Bertz CT molecular complexity index is 1050. The van der Waals surface area contributed by atoms with E-state index in [2.05, 4.69) is 10.5 Å². The number of hydrogen-bond acceptors (Lipinski definition) is 4. The number of halogens is 4. The van der Waals surface area contributed by atoms with Gasteiger partial charge >= 0.3 is 12.3 Å². The van der Waals surface area contributed by atoms with Gasteiger partial charge in [-0.3, -0.25) is 10.1 Å². The second kappa shape index (κ2) is 7.89. The third-order valence-corrected chi connectivity index (χ3v) is 4.83. The summed E-state index contributed by atoms with van der Waals surface area (Å²) in [4.78, 5) is 28.1. The predicted octanol–water partition coefficient (Wildman–Crippen LogP) is 4.95. The lowest BCUT2D eigenvalue weighted by Crippen LogP contribution is -2.42. The first kappa shape index (κ1) is 22.1. The number of carbonyl (C=O) groups is 2. The molecule has 0 spiro atoms. The molecule has 3 N–H and O–H groups in total. The SMILES string of the molecule is Cc1cc(C2(C(F)(F)F)CC=NO2)cc(C)c1NC(=O)c1ccc(F)c(NC(=O)O)c1. The minimum atomic E-state index is -4.71. The molecule has 3 rings (SSSR count). The molecule has 1 unspecified atom stereocenters. The molecular weight excluding hydrogens is 422 g/mol. The van der Waals surface area contributed by atoms with Crippen LogP contribution in [0.5, 0.6) is 0 Å². The number of oxime groups is 1. The topological polar surface area (TPSA) is 100 Å². The zero-order valence-corrected chi connectivity index (χ0v) is 16.3.